The van der Waals surface area contributed by atoms with Gasteiger partial charge in [0.2, 0.25) is 0 Å². The second kappa shape index (κ2) is 5.52. The summed E-state index contributed by atoms with van der Waals surface area (Å²) in [6.07, 6.45) is 0. The molecule has 2 rings (SSSR count). The molecular formula is C15H15NO4. The number of carboxylic acid groups (broad SMARTS) is 1. The van der Waals surface area contributed by atoms with E-state index in [0.29, 0.717) is 6.54 Å². The minimum Gasteiger partial charge on any atom is -0.504 e. The van der Waals surface area contributed by atoms with Crippen molar-refractivity contribution in [2.24, 2.45) is 0 Å². The number of anilines is 1. The van der Waals surface area contributed by atoms with Gasteiger partial charge in [-0.3, -0.25) is 0 Å². The van der Waals surface area contributed by atoms with Crippen molar-refractivity contribution in [1.29, 1.82) is 0 Å². The van der Waals surface area contributed by atoms with Gasteiger partial charge < -0.3 is 20.6 Å². The lowest BCUT2D eigenvalue weighted by molar-refractivity contribution is 0.0697. The quantitative estimate of drug-likeness (QED) is 0.643. The fourth-order valence-electron chi connectivity index (χ4n) is 1.87. The van der Waals surface area contributed by atoms with Gasteiger partial charge in [-0.1, -0.05) is 6.07 Å². The zero-order valence-electron chi connectivity index (χ0n) is 10.9. The Morgan fingerprint density at radius 3 is 2.45 bits per heavy atom. The van der Waals surface area contributed by atoms with Crippen molar-refractivity contribution < 1.29 is 20.1 Å². The Labute approximate surface area is 116 Å². The molecule has 0 aliphatic heterocycles. The largest absolute Gasteiger partial charge is 0.504 e. The van der Waals surface area contributed by atoms with Crippen molar-refractivity contribution in [3.63, 3.8) is 0 Å². The normalized spacial score (nSPS) is 10.2. The summed E-state index contributed by atoms with van der Waals surface area (Å²) < 4.78 is 0. The van der Waals surface area contributed by atoms with Crippen LogP contribution in [0.25, 0.3) is 0 Å². The van der Waals surface area contributed by atoms with E-state index in [1.54, 1.807) is 18.2 Å². The zero-order valence-corrected chi connectivity index (χ0v) is 10.9. The van der Waals surface area contributed by atoms with E-state index >= 15 is 0 Å². The molecule has 0 aliphatic rings. The number of carbonyl (C=O) groups is 1. The van der Waals surface area contributed by atoms with Crippen molar-refractivity contribution in [3.05, 3.63) is 53.1 Å². The van der Waals surface area contributed by atoms with E-state index in [0.717, 1.165) is 16.8 Å². The van der Waals surface area contributed by atoms with Crippen LogP contribution in [0.2, 0.25) is 0 Å². The number of phenolic OH excluding ortho intramolecular Hbond substituents is 2. The number of aryl methyl sites for hydroxylation is 1. The Kier molecular flexibility index (Phi) is 3.79. The van der Waals surface area contributed by atoms with Crippen molar-refractivity contribution in [2.45, 2.75) is 13.5 Å². The number of aromatic hydroxyl groups is 2. The first-order valence-corrected chi connectivity index (χ1v) is 6.06. The predicted octanol–water partition coefficient (Wildman–Crippen LogP) is 2.72. The summed E-state index contributed by atoms with van der Waals surface area (Å²) in [6, 6.07) is 9.43. The average molecular weight is 273 g/mol. The van der Waals surface area contributed by atoms with Gasteiger partial charge in [0, 0.05) is 12.2 Å². The van der Waals surface area contributed by atoms with E-state index < -0.39 is 5.97 Å². The van der Waals surface area contributed by atoms with Gasteiger partial charge in [-0.15, -0.1) is 0 Å². The summed E-state index contributed by atoms with van der Waals surface area (Å²) in [4.78, 5) is 10.8. The fraction of sp³-hybridized carbons (Fsp3) is 0.133. The number of hydrogen-bond acceptors (Lipinski definition) is 4. The van der Waals surface area contributed by atoms with Crippen LogP contribution in [0.15, 0.2) is 36.4 Å². The molecule has 0 fully saturated rings. The predicted molar refractivity (Wildman–Crippen MR) is 75.2 cm³/mol. The molecule has 2 aromatic rings. The van der Waals surface area contributed by atoms with Crippen LogP contribution in [0.3, 0.4) is 0 Å². The van der Waals surface area contributed by atoms with Crippen LogP contribution in [0.4, 0.5) is 5.69 Å². The van der Waals surface area contributed by atoms with E-state index in [4.69, 9.17) is 5.11 Å². The molecular weight excluding hydrogens is 258 g/mol. The van der Waals surface area contributed by atoms with E-state index in [-0.39, 0.29) is 17.1 Å². The summed E-state index contributed by atoms with van der Waals surface area (Å²) in [5.74, 6) is -1.28. The van der Waals surface area contributed by atoms with Gasteiger partial charge in [0.15, 0.2) is 11.5 Å². The van der Waals surface area contributed by atoms with Crippen molar-refractivity contribution in [3.8, 4) is 11.5 Å². The lowest BCUT2D eigenvalue weighted by Crippen LogP contribution is -2.03. The van der Waals surface area contributed by atoms with Gasteiger partial charge in [-0.25, -0.2) is 4.79 Å². The molecule has 0 saturated carbocycles. The highest BCUT2D eigenvalue weighted by Crippen LogP contribution is 2.25. The molecule has 5 nitrogen and oxygen atoms in total. The number of hydrogen-bond donors (Lipinski definition) is 4. The Balaban J connectivity index is 2.10. The molecule has 2 aromatic carbocycles. The number of carboxylic acids is 1. The third kappa shape index (κ3) is 3.00. The van der Waals surface area contributed by atoms with E-state index in [1.807, 2.05) is 6.92 Å². The fourth-order valence-corrected chi connectivity index (χ4v) is 1.87. The Morgan fingerprint density at radius 2 is 1.85 bits per heavy atom. The van der Waals surface area contributed by atoms with E-state index in [9.17, 15) is 15.0 Å². The lowest BCUT2D eigenvalue weighted by atomic mass is 10.1. The number of aromatic carboxylic acids is 1. The average Bonchev–Trinajstić information content (AvgIpc) is 2.41. The molecule has 0 unspecified atom stereocenters. The molecule has 0 heterocycles. The SMILES string of the molecule is Cc1cc(C(=O)O)ccc1NCc1ccc(O)c(O)c1. The second-order valence-electron chi connectivity index (χ2n) is 4.51. The monoisotopic (exact) mass is 273 g/mol. The van der Waals surface area contributed by atoms with Gasteiger partial charge in [-0.05, 0) is 48.4 Å². The van der Waals surface area contributed by atoms with Crippen molar-refractivity contribution in [1.82, 2.24) is 0 Å². The molecule has 0 spiro atoms. The Bertz CT molecular complexity index is 652. The molecule has 0 amide bonds. The zero-order chi connectivity index (χ0) is 14.7. The molecule has 0 aliphatic carbocycles. The van der Waals surface area contributed by atoms with Crippen LogP contribution in [-0.4, -0.2) is 21.3 Å². The van der Waals surface area contributed by atoms with Crippen molar-refractivity contribution in [2.75, 3.05) is 5.32 Å². The maximum Gasteiger partial charge on any atom is 0.335 e. The van der Waals surface area contributed by atoms with Crippen molar-refractivity contribution >= 4 is 11.7 Å². The third-order valence-electron chi connectivity index (χ3n) is 3.00. The number of benzene rings is 2. The van der Waals surface area contributed by atoms with Gasteiger partial charge in [-0.2, -0.15) is 0 Å². The van der Waals surface area contributed by atoms with Gasteiger partial charge in [0.1, 0.15) is 0 Å². The molecule has 4 N–H and O–H groups in total. The maximum absolute atomic E-state index is 10.8. The molecule has 0 aromatic heterocycles. The topological polar surface area (TPSA) is 89.8 Å². The second-order valence-corrected chi connectivity index (χ2v) is 4.51. The Hall–Kier alpha value is -2.69. The summed E-state index contributed by atoms with van der Waals surface area (Å²) in [7, 11) is 0. The van der Waals surface area contributed by atoms with Crippen LogP contribution in [0, 0.1) is 6.92 Å². The van der Waals surface area contributed by atoms with Crippen LogP contribution >= 0.6 is 0 Å². The summed E-state index contributed by atoms with van der Waals surface area (Å²) >= 11 is 0. The minimum atomic E-state index is -0.955. The lowest BCUT2D eigenvalue weighted by Gasteiger charge is -2.11. The number of nitrogens with one attached hydrogen (secondary N) is 1. The number of rotatable bonds is 4. The van der Waals surface area contributed by atoms with E-state index in [2.05, 4.69) is 5.32 Å². The molecule has 5 heteroatoms. The van der Waals surface area contributed by atoms with Crippen LogP contribution in [0.5, 0.6) is 11.5 Å². The summed E-state index contributed by atoms with van der Waals surface area (Å²) in [5, 5.41) is 30.7. The standard InChI is InChI=1S/C15H15NO4/c1-9-6-11(15(19)20)3-4-12(9)16-8-10-2-5-13(17)14(18)7-10/h2-7,16-18H,8H2,1H3,(H,19,20). The molecule has 104 valence electrons. The molecule has 0 atom stereocenters. The highest BCUT2D eigenvalue weighted by atomic mass is 16.4. The molecule has 0 radical (unpaired) electrons. The Morgan fingerprint density at radius 1 is 1.10 bits per heavy atom. The van der Waals surface area contributed by atoms with Crippen LogP contribution < -0.4 is 5.32 Å². The van der Waals surface area contributed by atoms with Gasteiger partial charge in [0.25, 0.3) is 0 Å². The smallest absolute Gasteiger partial charge is 0.335 e. The van der Waals surface area contributed by atoms with Gasteiger partial charge in [0.05, 0.1) is 5.56 Å². The minimum absolute atomic E-state index is 0.157. The maximum atomic E-state index is 10.8. The summed E-state index contributed by atoms with van der Waals surface area (Å²) in [5.41, 5.74) is 2.70. The first-order chi connectivity index (χ1) is 9.47. The molecule has 20 heavy (non-hydrogen) atoms. The first kappa shape index (κ1) is 13.7. The van der Waals surface area contributed by atoms with Crippen LogP contribution in [0.1, 0.15) is 21.5 Å². The van der Waals surface area contributed by atoms with E-state index in [1.165, 1.54) is 18.2 Å². The highest BCUT2D eigenvalue weighted by Gasteiger charge is 2.06. The molecule has 0 saturated heterocycles. The van der Waals surface area contributed by atoms with Gasteiger partial charge >= 0.3 is 5.97 Å². The summed E-state index contributed by atoms with van der Waals surface area (Å²) in [6.45, 7) is 2.28. The third-order valence-corrected chi connectivity index (χ3v) is 3.00. The molecule has 0 bridgehead atoms. The first-order valence-electron chi connectivity index (χ1n) is 6.06. The van der Waals surface area contributed by atoms with Crippen LogP contribution in [-0.2, 0) is 6.54 Å². The number of phenols is 2. The highest BCUT2D eigenvalue weighted by molar-refractivity contribution is 5.88.